The van der Waals surface area contributed by atoms with Gasteiger partial charge in [-0.25, -0.2) is 0 Å². The Kier molecular flexibility index (Phi) is 2.20. The Morgan fingerprint density at radius 1 is 1.31 bits per heavy atom. The van der Waals surface area contributed by atoms with Crippen molar-refractivity contribution in [1.82, 2.24) is 4.98 Å². The Balaban J connectivity index is 2.52. The van der Waals surface area contributed by atoms with Crippen molar-refractivity contribution in [2.45, 2.75) is 0 Å². The van der Waals surface area contributed by atoms with E-state index < -0.39 is 0 Å². The van der Waals surface area contributed by atoms with Crippen LogP contribution in [0.2, 0.25) is 4.34 Å². The largest absolute Gasteiger partial charge is 0.506 e. The van der Waals surface area contributed by atoms with Crippen LogP contribution in [0.15, 0.2) is 30.5 Å². The second-order valence-corrected chi connectivity index (χ2v) is 4.19. The summed E-state index contributed by atoms with van der Waals surface area (Å²) in [5.74, 6) is 0.181. The number of rotatable bonds is 1. The van der Waals surface area contributed by atoms with Gasteiger partial charge in [0.2, 0.25) is 0 Å². The van der Waals surface area contributed by atoms with Gasteiger partial charge in [-0.05, 0) is 24.3 Å². The Hall–Kier alpha value is -1.06. The Morgan fingerprint density at radius 3 is 2.77 bits per heavy atom. The minimum atomic E-state index is 0.181. The topological polar surface area (TPSA) is 33.1 Å². The highest BCUT2D eigenvalue weighted by molar-refractivity contribution is 7.19. The van der Waals surface area contributed by atoms with E-state index in [0.717, 1.165) is 4.88 Å². The Bertz CT molecular complexity index is 427. The standard InChI is InChI=1S/C9H6ClNOS/c10-8-4-3-7(13-8)9-6(12)2-1-5-11-9/h1-5,12H. The molecule has 0 radical (unpaired) electrons. The minimum Gasteiger partial charge on any atom is -0.506 e. The molecule has 0 unspecified atom stereocenters. The number of hydrogen-bond donors (Lipinski definition) is 1. The molecule has 66 valence electrons. The van der Waals surface area contributed by atoms with Crippen LogP contribution < -0.4 is 0 Å². The van der Waals surface area contributed by atoms with Crippen molar-refractivity contribution >= 4 is 22.9 Å². The second kappa shape index (κ2) is 3.36. The van der Waals surface area contributed by atoms with Gasteiger partial charge in [-0.1, -0.05) is 11.6 Å². The molecule has 0 saturated carbocycles. The summed E-state index contributed by atoms with van der Waals surface area (Å²) < 4.78 is 0.694. The van der Waals surface area contributed by atoms with Gasteiger partial charge < -0.3 is 5.11 Å². The van der Waals surface area contributed by atoms with Crippen molar-refractivity contribution in [3.8, 4) is 16.3 Å². The van der Waals surface area contributed by atoms with E-state index in [2.05, 4.69) is 4.98 Å². The van der Waals surface area contributed by atoms with Gasteiger partial charge in [0.1, 0.15) is 11.4 Å². The number of hydrogen-bond acceptors (Lipinski definition) is 3. The summed E-state index contributed by atoms with van der Waals surface area (Å²) in [5.41, 5.74) is 0.583. The molecule has 0 aliphatic carbocycles. The van der Waals surface area contributed by atoms with E-state index in [1.54, 1.807) is 24.4 Å². The lowest BCUT2D eigenvalue weighted by Crippen LogP contribution is -1.78. The number of aromatic hydroxyl groups is 1. The lowest BCUT2D eigenvalue weighted by Gasteiger charge is -1.97. The van der Waals surface area contributed by atoms with Crippen molar-refractivity contribution in [2.75, 3.05) is 0 Å². The van der Waals surface area contributed by atoms with Gasteiger partial charge in [0.05, 0.1) is 9.21 Å². The molecule has 13 heavy (non-hydrogen) atoms. The molecule has 2 rings (SSSR count). The van der Waals surface area contributed by atoms with Gasteiger partial charge in [-0.3, -0.25) is 4.98 Å². The quantitative estimate of drug-likeness (QED) is 0.786. The zero-order chi connectivity index (χ0) is 9.26. The third kappa shape index (κ3) is 1.66. The highest BCUT2D eigenvalue weighted by Gasteiger charge is 2.06. The SMILES string of the molecule is Oc1cccnc1-c1ccc(Cl)s1. The fraction of sp³-hybridized carbons (Fsp3) is 0. The van der Waals surface area contributed by atoms with E-state index in [9.17, 15) is 5.11 Å². The number of thiophene rings is 1. The first kappa shape index (κ1) is 8.53. The number of halogens is 1. The monoisotopic (exact) mass is 211 g/mol. The van der Waals surface area contributed by atoms with Crippen molar-refractivity contribution in [2.24, 2.45) is 0 Å². The van der Waals surface area contributed by atoms with Gasteiger partial charge in [0.25, 0.3) is 0 Å². The first-order valence-corrected chi connectivity index (χ1v) is 4.86. The molecule has 2 nitrogen and oxygen atoms in total. The summed E-state index contributed by atoms with van der Waals surface area (Å²) in [6.45, 7) is 0. The molecule has 0 aliphatic heterocycles. The number of aromatic nitrogens is 1. The van der Waals surface area contributed by atoms with Crippen LogP contribution >= 0.6 is 22.9 Å². The maximum absolute atomic E-state index is 9.47. The zero-order valence-electron chi connectivity index (χ0n) is 6.57. The zero-order valence-corrected chi connectivity index (χ0v) is 8.14. The minimum absolute atomic E-state index is 0.181. The van der Waals surface area contributed by atoms with Crippen LogP contribution in [-0.4, -0.2) is 10.1 Å². The van der Waals surface area contributed by atoms with Gasteiger partial charge in [-0.2, -0.15) is 0 Å². The highest BCUT2D eigenvalue weighted by atomic mass is 35.5. The summed E-state index contributed by atoms with van der Waals surface area (Å²) in [5, 5.41) is 9.47. The molecule has 4 heteroatoms. The molecule has 1 N–H and O–H groups in total. The molecular formula is C9H6ClNOS. The van der Waals surface area contributed by atoms with Gasteiger partial charge >= 0.3 is 0 Å². The molecule has 0 fully saturated rings. The van der Waals surface area contributed by atoms with Crippen molar-refractivity contribution < 1.29 is 5.11 Å². The van der Waals surface area contributed by atoms with Gasteiger partial charge in [0.15, 0.2) is 0 Å². The third-order valence-electron chi connectivity index (χ3n) is 1.59. The van der Waals surface area contributed by atoms with Crippen molar-refractivity contribution in [1.29, 1.82) is 0 Å². The van der Waals surface area contributed by atoms with Crippen LogP contribution in [0.5, 0.6) is 5.75 Å². The van der Waals surface area contributed by atoms with Crippen LogP contribution in [0, 0.1) is 0 Å². The summed E-state index contributed by atoms with van der Waals surface area (Å²) in [7, 11) is 0. The predicted octanol–water partition coefficient (Wildman–Crippen LogP) is 3.17. The van der Waals surface area contributed by atoms with E-state index in [4.69, 9.17) is 11.6 Å². The van der Waals surface area contributed by atoms with Crippen molar-refractivity contribution in [3.05, 3.63) is 34.8 Å². The third-order valence-corrected chi connectivity index (χ3v) is 2.83. The first-order valence-electron chi connectivity index (χ1n) is 3.67. The normalized spacial score (nSPS) is 10.2. The van der Waals surface area contributed by atoms with Crippen molar-refractivity contribution in [3.63, 3.8) is 0 Å². The van der Waals surface area contributed by atoms with E-state index >= 15 is 0 Å². The fourth-order valence-corrected chi connectivity index (χ4v) is 2.08. The van der Waals surface area contributed by atoms with E-state index in [1.165, 1.54) is 11.3 Å². The molecule has 2 aromatic heterocycles. The molecule has 0 spiro atoms. The van der Waals surface area contributed by atoms with Gasteiger partial charge in [-0.15, -0.1) is 11.3 Å². The molecule has 0 atom stereocenters. The summed E-state index contributed by atoms with van der Waals surface area (Å²) in [4.78, 5) is 4.94. The van der Waals surface area contributed by atoms with Crippen LogP contribution in [0.1, 0.15) is 0 Å². The maximum atomic E-state index is 9.47. The highest BCUT2D eigenvalue weighted by Crippen LogP contribution is 2.33. The lowest BCUT2D eigenvalue weighted by atomic mass is 10.3. The van der Waals surface area contributed by atoms with Crippen LogP contribution in [0.25, 0.3) is 10.6 Å². The average molecular weight is 212 g/mol. The molecule has 0 aromatic carbocycles. The van der Waals surface area contributed by atoms with E-state index in [1.807, 2.05) is 6.07 Å². The molecular weight excluding hydrogens is 206 g/mol. The molecule has 0 amide bonds. The second-order valence-electron chi connectivity index (χ2n) is 2.47. The Labute approximate surface area is 84.4 Å². The lowest BCUT2D eigenvalue weighted by molar-refractivity contribution is 0.475. The maximum Gasteiger partial charge on any atom is 0.142 e. The van der Waals surface area contributed by atoms with Crippen LogP contribution in [0.3, 0.4) is 0 Å². The number of nitrogens with zero attached hydrogens (tertiary/aromatic N) is 1. The summed E-state index contributed by atoms with van der Waals surface area (Å²) in [6, 6.07) is 6.93. The predicted molar refractivity (Wildman–Crippen MR) is 54.2 cm³/mol. The average Bonchev–Trinajstić information content (AvgIpc) is 2.53. The molecule has 2 heterocycles. The van der Waals surface area contributed by atoms with E-state index in [0.29, 0.717) is 10.0 Å². The molecule has 0 saturated heterocycles. The Morgan fingerprint density at radius 2 is 2.15 bits per heavy atom. The molecule has 0 aliphatic rings. The first-order chi connectivity index (χ1) is 6.27. The number of pyridine rings is 1. The van der Waals surface area contributed by atoms with E-state index in [-0.39, 0.29) is 5.75 Å². The summed E-state index contributed by atoms with van der Waals surface area (Å²) >= 11 is 7.17. The smallest absolute Gasteiger partial charge is 0.142 e. The van der Waals surface area contributed by atoms with Crippen LogP contribution in [-0.2, 0) is 0 Å². The fourth-order valence-electron chi connectivity index (χ4n) is 1.03. The van der Waals surface area contributed by atoms with Gasteiger partial charge in [0, 0.05) is 6.20 Å². The molecule has 0 bridgehead atoms. The summed E-state index contributed by atoms with van der Waals surface area (Å²) in [6.07, 6.45) is 1.64. The molecule has 2 aromatic rings. The van der Waals surface area contributed by atoms with Crippen LogP contribution in [0.4, 0.5) is 0 Å².